The first-order chi connectivity index (χ1) is 12.7. The van der Waals surface area contributed by atoms with Crippen LogP contribution in [0.25, 0.3) is 0 Å². The molecule has 27 heavy (non-hydrogen) atoms. The lowest BCUT2D eigenvalue weighted by Crippen LogP contribution is -2.42. The van der Waals surface area contributed by atoms with Crippen LogP contribution in [0.4, 0.5) is 10.5 Å². The molecule has 10 heteroatoms. The minimum absolute atomic E-state index is 0.0445. The van der Waals surface area contributed by atoms with Gasteiger partial charge < -0.3 is 20.7 Å². The molecule has 3 N–H and O–H groups in total. The van der Waals surface area contributed by atoms with Crippen LogP contribution in [-0.4, -0.2) is 56.5 Å². The number of carbonyl (C=O) groups excluding carboxylic acids is 3. The Hall–Kier alpha value is -2.62. The number of benzene rings is 1. The smallest absolute Gasteiger partial charge is 0.319 e. The van der Waals surface area contributed by atoms with Gasteiger partial charge in [0.25, 0.3) is 5.91 Å². The number of anilines is 1. The summed E-state index contributed by atoms with van der Waals surface area (Å²) in [6.45, 7) is 1.46. The molecule has 0 aromatic heterocycles. The first-order valence-corrected chi connectivity index (χ1v) is 10.4. The number of amides is 3. The molecule has 2 rings (SSSR count). The highest BCUT2D eigenvalue weighted by Crippen LogP contribution is 2.11. The normalized spacial score (nSPS) is 18.9. The molecule has 1 aromatic carbocycles. The summed E-state index contributed by atoms with van der Waals surface area (Å²) < 4.78 is 27.8. The van der Waals surface area contributed by atoms with E-state index < -0.39 is 39.9 Å². The van der Waals surface area contributed by atoms with E-state index in [9.17, 15) is 22.8 Å². The average molecular weight is 397 g/mol. The fourth-order valence-corrected chi connectivity index (χ4v) is 4.19. The number of carbonyl (C=O) groups is 3. The Morgan fingerprint density at radius 3 is 2.56 bits per heavy atom. The van der Waals surface area contributed by atoms with E-state index in [0.717, 1.165) is 0 Å². The molecule has 0 saturated carbocycles. The highest BCUT2D eigenvalue weighted by Gasteiger charge is 2.30. The second-order valence-corrected chi connectivity index (χ2v) is 8.47. The maximum Gasteiger partial charge on any atom is 0.319 e. The number of rotatable bonds is 7. The van der Waals surface area contributed by atoms with E-state index in [1.807, 2.05) is 6.07 Å². The van der Waals surface area contributed by atoms with Gasteiger partial charge in [0, 0.05) is 18.3 Å². The monoisotopic (exact) mass is 397 g/mol. The van der Waals surface area contributed by atoms with E-state index in [2.05, 4.69) is 16.0 Å². The molecule has 0 spiro atoms. The molecule has 1 aromatic rings. The van der Waals surface area contributed by atoms with Crippen molar-refractivity contribution in [2.45, 2.75) is 31.9 Å². The fourth-order valence-electron chi connectivity index (χ4n) is 2.51. The molecule has 1 aliphatic rings. The van der Waals surface area contributed by atoms with Gasteiger partial charge >= 0.3 is 12.0 Å². The zero-order valence-electron chi connectivity index (χ0n) is 14.9. The maximum atomic E-state index is 12.0. The lowest BCUT2D eigenvalue weighted by atomic mass is 10.2. The van der Waals surface area contributed by atoms with E-state index in [0.29, 0.717) is 12.1 Å². The highest BCUT2D eigenvalue weighted by molar-refractivity contribution is 7.91. The Morgan fingerprint density at radius 1 is 1.22 bits per heavy atom. The van der Waals surface area contributed by atoms with Crippen molar-refractivity contribution in [3.05, 3.63) is 30.3 Å². The summed E-state index contributed by atoms with van der Waals surface area (Å²) in [7, 11) is -3.10. The van der Waals surface area contributed by atoms with Crippen LogP contribution in [0.2, 0.25) is 0 Å². The Kier molecular flexibility index (Phi) is 7.17. The molecule has 2 atom stereocenters. The van der Waals surface area contributed by atoms with Crippen molar-refractivity contribution in [2.24, 2.45) is 0 Å². The second kappa shape index (κ2) is 9.36. The van der Waals surface area contributed by atoms with Crippen LogP contribution in [0.3, 0.4) is 0 Å². The first kappa shape index (κ1) is 20.7. The van der Waals surface area contributed by atoms with Gasteiger partial charge in [-0.1, -0.05) is 18.2 Å². The van der Waals surface area contributed by atoms with Crippen LogP contribution in [0.5, 0.6) is 0 Å². The molecule has 0 radical (unpaired) electrons. The van der Waals surface area contributed by atoms with Gasteiger partial charge in [-0.15, -0.1) is 0 Å². The number of hydrogen-bond acceptors (Lipinski definition) is 6. The van der Waals surface area contributed by atoms with Crippen molar-refractivity contribution in [3.8, 4) is 0 Å². The van der Waals surface area contributed by atoms with Crippen LogP contribution in [0.1, 0.15) is 19.8 Å². The largest absolute Gasteiger partial charge is 0.452 e. The van der Waals surface area contributed by atoms with Crippen LogP contribution < -0.4 is 16.0 Å². The molecule has 0 aliphatic carbocycles. The molecule has 1 saturated heterocycles. The molecule has 1 aliphatic heterocycles. The number of nitrogens with one attached hydrogen (secondary N) is 3. The van der Waals surface area contributed by atoms with E-state index in [4.69, 9.17) is 4.74 Å². The van der Waals surface area contributed by atoms with Gasteiger partial charge in [-0.2, -0.15) is 0 Å². The number of ether oxygens (including phenoxy) is 1. The molecule has 0 bridgehead atoms. The first-order valence-electron chi connectivity index (χ1n) is 8.55. The average Bonchev–Trinajstić information content (AvgIpc) is 2.94. The van der Waals surface area contributed by atoms with Crippen molar-refractivity contribution < 1.29 is 27.5 Å². The Balaban J connectivity index is 1.64. The second-order valence-electron chi connectivity index (χ2n) is 6.24. The van der Waals surface area contributed by atoms with Gasteiger partial charge in [0.15, 0.2) is 15.9 Å². The molecular formula is C17H23N3O6S. The predicted octanol–water partition coefficient (Wildman–Crippen LogP) is 0.433. The van der Waals surface area contributed by atoms with Gasteiger partial charge in [-0.3, -0.25) is 9.59 Å². The summed E-state index contributed by atoms with van der Waals surface area (Å²) in [4.78, 5) is 35.4. The lowest BCUT2D eigenvalue weighted by Gasteiger charge is -2.16. The molecular weight excluding hydrogens is 374 g/mol. The summed E-state index contributed by atoms with van der Waals surface area (Å²) in [5.41, 5.74) is 0.622. The number of hydrogen-bond donors (Lipinski definition) is 3. The van der Waals surface area contributed by atoms with E-state index in [1.165, 1.54) is 6.92 Å². The Morgan fingerprint density at radius 2 is 1.93 bits per heavy atom. The third kappa shape index (κ3) is 7.26. The number of esters is 1. The van der Waals surface area contributed by atoms with Crippen molar-refractivity contribution >= 4 is 33.4 Å². The molecule has 1 fully saturated rings. The number of para-hydroxylation sites is 1. The standard InChI is InChI=1S/C17H23N3O6S/c1-12(16(22)19-14-8-10-27(24,25)11-14)26-15(21)7-9-18-17(23)20-13-5-3-2-4-6-13/h2-6,12,14H,7-11H2,1H3,(H,19,22)(H2,18,20,23)/t12-,14-/m1/s1. The SMILES string of the molecule is C[C@@H](OC(=O)CCNC(=O)Nc1ccccc1)C(=O)N[C@@H]1CCS(=O)(=O)C1. The van der Waals surface area contributed by atoms with E-state index >= 15 is 0 Å². The molecule has 0 unspecified atom stereocenters. The molecule has 1 heterocycles. The molecule has 9 nitrogen and oxygen atoms in total. The zero-order valence-corrected chi connectivity index (χ0v) is 15.8. The number of urea groups is 1. The Bertz CT molecular complexity index is 781. The third-order valence-electron chi connectivity index (χ3n) is 3.90. The maximum absolute atomic E-state index is 12.0. The highest BCUT2D eigenvalue weighted by atomic mass is 32.2. The van der Waals surface area contributed by atoms with Gasteiger partial charge in [-0.25, -0.2) is 13.2 Å². The summed E-state index contributed by atoms with van der Waals surface area (Å²) in [5.74, 6) is -1.24. The summed E-state index contributed by atoms with van der Waals surface area (Å²) >= 11 is 0. The summed E-state index contributed by atoms with van der Waals surface area (Å²) in [6, 6.07) is 7.92. The van der Waals surface area contributed by atoms with Gasteiger partial charge in [0.1, 0.15) is 0 Å². The van der Waals surface area contributed by atoms with E-state index in [1.54, 1.807) is 24.3 Å². The van der Waals surface area contributed by atoms with Gasteiger partial charge in [0.05, 0.1) is 17.9 Å². The molecule has 3 amide bonds. The van der Waals surface area contributed by atoms with Crippen LogP contribution in [0, 0.1) is 0 Å². The summed E-state index contributed by atoms with van der Waals surface area (Å²) in [6.07, 6.45) is -0.786. The minimum atomic E-state index is -3.10. The number of sulfone groups is 1. The Labute approximate surface area is 157 Å². The van der Waals surface area contributed by atoms with Gasteiger partial charge in [-0.05, 0) is 25.5 Å². The quantitative estimate of drug-likeness (QED) is 0.572. The van der Waals surface area contributed by atoms with Crippen molar-refractivity contribution in [2.75, 3.05) is 23.4 Å². The summed E-state index contributed by atoms with van der Waals surface area (Å²) in [5, 5.41) is 7.69. The van der Waals surface area contributed by atoms with Crippen molar-refractivity contribution in [1.29, 1.82) is 0 Å². The molecule has 148 valence electrons. The van der Waals surface area contributed by atoms with Crippen molar-refractivity contribution in [1.82, 2.24) is 10.6 Å². The van der Waals surface area contributed by atoms with Crippen molar-refractivity contribution in [3.63, 3.8) is 0 Å². The van der Waals surface area contributed by atoms with E-state index in [-0.39, 0.29) is 24.5 Å². The minimum Gasteiger partial charge on any atom is -0.452 e. The predicted molar refractivity (Wildman–Crippen MR) is 98.8 cm³/mol. The third-order valence-corrected chi connectivity index (χ3v) is 5.67. The topological polar surface area (TPSA) is 131 Å². The fraction of sp³-hybridized carbons (Fsp3) is 0.471. The zero-order chi connectivity index (χ0) is 19.9. The van der Waals surface area contributed by atoms with Crippen LogP contribution in [0.15, 0.2) is 30.3 Å². The van der Waals surface area contributed by atoms with Crippen LogP contribution >= 0.6 is 0 Å². The lowest BCUT2D eigenvalue weighted by molar-refractivity contribution is -0.154. The van der Waals surface area contributed by atoms with Gasteiger partial charge in [0.2, 0.25) is 0 Å². The van der Waals surface area contributed by atoms with Crippen LogP contribution in [-0.2, 0) is 24.2 Å².